The molecule has 1 fully saturated rings. The van der Waals surface area contributed by atoms with Gasteiger partial charge >= 0.3 is 6.61 Å². The zero-order chi connectivity index (χ0) is 12.3. The number of ether oxygens (including phenoxy) is 2. The summed E-state index contributed by atoms with van der Waals surface area (Å²) in [4.78, 5) is 0. The number of hydrogen-bond acceptors (Lipinski definition) is 2. The quantitative estimate of drug-likeness (QED) is 0.754. The number of rotatable bonds is 6. The summed E-state index contributed by atoms with van der Waals surface area (Å²) in [5.74, 6) is 0.989. The van der Waals surface area contributed by atoms with Crippen LogP contribution in [-0.4, -0.2) is 13.2 Å². The summed E-state index contributed by atoms with van der Waals surface area (Å²) in [5, 5.41) is 0. The van der Waals surface area contributed by atoms with E-state index in [9.17, 15) is 8.78 Å². The van der Waals surface area contributed by atoms with E-state index in [1.807, 2.05) is 0 Å². The predicted molar refractivity (Wildman–Crippen MR) is 61.4 cm³/mol. The second kappa shape index (κ2) is 5.17. The van der Waals surface area contributed by atoms with Crippen LogP contribution in [0, 0.1) is 5.92 Å². The van der Waals surface area contributed by atoms with E-state index in [0.29, 0.717) is 18.3 Å². The first-order chi connectivity index (χ1) is 8.19. The Kier molecular flexibility index (Phi) is 3.61. The van der Waals surface area contributed by atoms with E-state index in [1.165, 1.54) is 6.07 Å². The van der Waals surface area contributed by atoms with Crippen LogP contribution in [0.5, 0.6) is 11.5 Å². The minimum Gasteiger partial charge on any atom is -0.489 e. The Labute approximate surface area is 98.8 Å². The Hall–Kier alpha value is -1.58. The minimum absolute atomic E-state index is 0.0752. The van der Waals surface area contributed by atoms with Gasteiger partial charge in [-0.15, -0.1) is 0 Å². The average Bonchev–Trinajstić information content (AvgIpc) is 3.11. The third-order valence-corrected chi connectivity index (χ3v) is 2.59. The van der Waals surface area contributed by atoms with Crippen LogP contribution in [0.15, 0.2) is 24.8 Å². The van der Waals surface area contributed by atoms with Crippen LogP contribution in [0.1, 0.15) is 18.4 Å². The van der Waals surface area contributed by atoms with Gasteiger partial charge in [-0.25, -0.2) is 0 Å². The first-order valence-electron chi connectivity index (χ1n) is 5.53. The fourth-order valence-electron chi connectivity index (χ4n) is 1.45. The maximum Gasteiger partial charge on any atom is 0.387 e. The molecule has 0 bridgehead atoms. The van der Waals surface area contributed by atoms with Crippen LogP contribution in [-0.2, 0) is 0 Å². The van der Waals surface area contributed by atoms with Crippen LogP contribution < -0.4 is 9.47 Å². The van der Waals surface area contributed by atoms with Crippen LogP contribution in [0.3, 0.4) is 0 Å². The Morgan fingerprint density at radius 2 is 2.12 bits per heavy atom. The highest BCUT2D eigenvalue weighted by atomic mass is 19.3. The SMILES string of the molecule is C=Cc1ccc(OC(F)F)c(OCC2CC2)c1. The Morgan fingerprint density at radius 3 is 2.71 bits per heavy atom. The molecule has 1 saturated carbocycles. The normalized spacial score (nSPS) is 14.8. The molecule has 4 heteroatoms. The van der Waals surface area contributed by atoms with Crippen molar-refractivity contribution in [2.45, 2.75) is 19.5 Å². The van der Waals surface area contributed by atoms with Crippen molar-refractivity contribution in [3.63, 3.8) is 0 Å². The highest BCUT2D eigenvalue weighted by Crippen LogP contribution is 2.34. The average molecular weight is 240 g/mol. The predicted octanol–water partition coefficient (Wildman–Crippen LogP) is 3.72. The first kappa shape index (κ1) is 11.9. The zero-order valence-electron chi connectivity index (χ0n) is 9.36. The van der Waals surface area contributed by atoms with Crippen molar-refractivity contribution in [1.29, 1.82) is 0 Å². The van der Waals surface area contributed by atoms with Crippen molar-refractivity contribution in [2.75, 3.05) is 6.61 Å². The highest BCUT2D eigenvalue weighted by Gasteiger charge is 2.23. The van der Waals surface area contributed by atoms with Gasteiger partial charge in [0, 0.05) is 0 Å². The summed E-state index contributed by atoms with van der Waals surface area (Å²) in [7, 11) is 0. The van der Waals surface area contributed by atoms with Gasteiger partial charge in [0.2, 0.25) is 0 Å². The molecule has 1 aromatic carbocycles. The summed E-state index contributed by atoms with van der Waals surface area (Å²) in [6.07, 6.45) is 3.93. The zero-order valence-corrected chi connectivity index (χ0v) is 9.36. The summed E-state index contributed by atoms with van der Waals surface area (Å²) < 4.78 is 34.3. The third-order valence-electron chi connectivity index (χ3n) is 2.59. The minimum atomic E-state index is -2.84. The molecule has 2 nitrogen and oxygen atoms in total. The van der Waals surface area contributed by atoms with Crippen molar-refractivity contribution in [3.05, 3.63) is 30.3 Å². The second-order valence-electron chi connectivity index (χ2n) is 4.04. The third kappa shape index (κ3) is 3.44. The van der Waals surface area contributed by atoms with E-state index >= 15 is 0 Å². The summed E-state index contributed by atoms with van der Waals surface area (Å²) in [6.45, 7) is 1.34. The van der Waals surface area contributed by atoms with Gasteiger partial charge in [-0.2, -0.15) is 8.78 Å². The van der Waals surface area contributed by atoms with E-state index in [2.05, 4.69) is 11.3 Å². The largest absolute Gasteiger partial charge is 0.489 e. The molecule has 0 amide bonds. The van der Waals surface area contributed by atoms with Crippen molar-refractivity contribution in [1.82, 2.24) is 0 Å². The molecule has 0 radical (unpaired) electrons. The fraction of sp³-hybridized carbons (Fsp3) is 0.385. The van der Waals surface area contributed by atoms with Crippen LogP contribution in [0.4, 0.5) is 8.78 Å². The molecule has 2 rings (SSSR count). The molecule has 1 aliphatic carbocycles. The molecular formula is C13H14F2O2. The summed E-state index contributed by atoms with van der Waals surface area (Å²) in [6, 6.07) is 4.80. The Bertz CT molecular complexity index is 400. The second-order valence-corrected chi connectivity index (χ2v) is 4.04. The van der Waals surface area contributed by atoms with Crippen LogP contribution >= 0.6 is 0 Å². The lowest BCUT2D eigenvalue weighted by Crippen LogP contribution is -2.06. The van der Waals surface area contributed by atoms with Crippen molar-refractivity contribution in [3.8, 4) is 11.5 Å². The van der Waals surface area contributed by atoms with Gasteiger partial charge in [0.25, 0.3) is 0 Å². The molecule has 0 unspecified atom stereocenters. The Balaban J connectivity index is 2.12. The van der Waals surface area contributed by atoms with Gasteiger partial charge in [-0.05, 0) is 36.5 Å². The molecule has 0 heterocycles. The molecular weight excluding hydrogens is 226 g/mol. The highest BCUT2D eigenvalue weighted by molar-refractivity contribution is 5.54. The van der Waals surface area contributed by atoms with E-state index in [1.54, 1.807) is 18.2 Å². The lowest BCUT2D eigenvalue weighted by molar-refractivity contribution is -0.0515. The topological polar surface area (TPSA) is 18.5 Å². The van der Waals surface area contributed by atoms with Crippen molar-refractivity contribution < 1.29 is 18.3 Å². The summed E-state index contributed by atoms with van der Waals surface area (Å²) in [5.41, 5.74) is 0.817. The van der Waals surface area contributed by atoms with Gasteiger partial charge in [0.05, 0.1) is 6.61 Å². The molecule has 17 heavy (non-hydrogen) atoms. The van der Waals surface area contributed by atoms with Gasteiger partial charge in [-0.1, -0.05) is 18.7 Å². The van der Waals surface area contributed by atoms with Crippen molar-refractivity contribution >= 4 is 6.08 Å². The maximum atomic E-state index is 12.2. The van der Waals surface area contributed by atoms with Gasteiger partial charge < -0.3 is 9.47 Å². The summed E-state index contributed by atoms with van der Waals surface area (Å²) >= 11 is 0. The molecule has 0 spiro atoms. The van der Waals surface area contributed by atoms with Gasteiger partial charge in [0.1, 0.15) is 0 Å². The molecule has 0 N–H and O–H groups in total. The first-order valence-corrected chi connectivity index (χ1v) is 5.53. The monoisotopic (exact) mass is 240 g/mol. The van der Waals surface area contributed by atoms with Gasteiger partial charge in [0.15, 0.2) is 11.5 Å². The molecule has 0 saturated heterocycles. The fourth-order valence-corrected chi connectivity index (χ4v) is 1.45. The van der Waals surface area contributed by atoms with Crippen LogP contribution in [0.2, 0.25) is 0 Å². The number of halogens is 2. The number of alkyl halides is 2. The number of hydrogen-bond donors (Lipinski definition) is 0. The number of benzene rings is 1. The van der Waals surface area contributed by atoms with E-state index < -0.39 is 6.61 Å². The Morgan fingerprint density at radius 1 is 1.35 bits per heavy atom. The molecule has 0 atom stereocenters. The lowest BCUT2D eigenvalue weighted by Gasteiger charge is -2.12. The van der Waals surface area contributed by atoms with E-state index in [4.69, 9.17) is 4.74 Å². The van der Waals surface area contributed by atoms with E-state index in [0.717, 1.165) is 18.4 Å². The molecule has 0 aliphatic heterocycles. The smallest absolute Gasteiger partial charge is 0.387 e. The maximum absolute atomic E-state index is 12.2. The van der Waals surface area contributed by atoms with Gasteiger partial charge in [-0.3, -0.25) is 0 Å². The molecule has 1 aromatic rings. The lowest BCUT2D eigenvalue weighted by atomic mass is 10.2. The van der Waals surface area contributed by atoms with Crippen molar-refractivity contribution in [2.24, 2.45) is 5.92 Å². The van der Waals surface area contributed by atoms with Crippen LogP contribution in [0.25, 0.3) is 6.08 Å². The molecule has 0 aromatic heterocycles. The molecule has 1 aliphatic rings. The standard InChI is InChI=1S/C13H14F2O2/c1-2-9-5-6-11(17-13(14)15)12(7-9)16-8-10-3-4-10/h2,5-7,10,13H,1,3-4,8H2. The molecule has 92 valence electrons. The van der Waals surface area contributed by atoms with E-state index in [-0.39, 0.29) is 5.75 Å².